The fraction of sp³-hybridized carbons (Fsp3) is 1.00. The second kappa shape index (κ2) is 11.9. The Morgan fingerprint density at radius 1 is 0.333 bits per heavy atom. The first kappa shape index (κ1) is 17.8. The van der Waals surface area contributed by atoms with E-state index in [1.165, 1.54) is 116 Å². The summed E-state index contributed by atoms with van der Waals surface area (Å²) in [5, 5.41) is 0. The normalized spacial score (nSPS) is 26.3. The van der Waals surface area contributed by atoms with Crippen LogP contribution in [0.3, 0.4) is 0 Å². The number of rotatable bonds is 2. The quantitative estimate of drug-likeness (QED) is 0.458. The van der Waals surface area contributed by atoms with Gasteiger partial charge in [0.15, 0.2) is 0 Å². The molecule has 1 heteroatoms. The van der Waals surface area contributed by atoms with Gasteiger partial charge < -0.3 is 0 Å². The molecule has 0 saturated heterocycles. The number of hydrogen-bond acceptors (Lipinski definition) is 0. The van der Waals surface area contributed by atoms with Crippen LogP contribution in [0, 0.1) is 0 Å². The Hall–Kier alpha value is 0.430. The van der Waals surface area contributed by atoms with E-state index in [1.54, 1.807) is 0 Å². The zero-order valence-electron chi connectivity index (χ0n) is 14.3. The molecule has 2 aliphatic carbocycles. The third-order valence-electron chi connectivity index (χ3n) is 5.57. The topological polar surface area (TPSA) is 0 Å². The zero-order chi connectivity index (χ0) is 14.6. The van der Waals surface area contributed by atoms with Crippen molar-refractivity contribution < 1.29 is 0 Å². The van der Waals surface area contributed by atoms with E-state index in [4.69, 9.17) is 0 Å². The third-order valence-corrected chi connectivity index (χ3v) is 7.45. The lowest BCUT2D eigenvalue weighted by molar-refractivity contribution is 0.495. The van der Waals surface area contributed by atoms with Crippen LogP contribution in [0.25, 0.3) is 0 Å². The monoisotopic (exact) mass is 309 g/mol. The van der Waals surface area contributed by atoms with Crippen molar-refractivity contribution in [2.75, 3.05) is 0 Å². The molecule has 0 spiro atoms. The molecular weight excluding hydrogens is 271 g/mol. The molecule has 0 amide bonds. The molecule has 0 bridgehead atoms. The molecule has 2 rings (SSSR count). The highest BCUT2D eigenvalue weighted by Crippen LogP contribution is 2.39. The fourth-order valence-electron chi connectivity index (χ4n) is 4.17. The van der Waals surface area contributed by atoms with Gasteiger partial charge in [-0.25, -0.2) is 0 Å². The number of hydrogen-bond donors (Lipinski definition) is 0. The molecule has 2 aliphatic rings. The van der Waals surface area contributed by atoms with Crippen LogP contribution in [0.1, 0.15) is 116 Å². The van der Waals surface area contributed by atoms with Crippen LogP contribution in [0.15, 0.2) is 0 Å². The minimum absolute atomic E-state index is 1.05. The van der Waals surface area contributed by atoms with Gasteiger partial charge in [-0.1, -0.05) is 98.5 Å². The van der Waals surface area contributed by atoms with Crippen molar-refractivity contribution in [2.24, 2.45) is 0 Å². The van der Waals surface area contributed by atoms with Gasteiger partial charge in [0.2, 0.25) is 0 Å². The van der Waals surface area contributed by atoms with E-state index in [0.29, 0.717) is 0 Å². The Morgan fingerprint density at radius 3 is 0.857 bits per heavy atom. The first-order valence-corrected chi connectivity index (χ1v) is 11.2. The Labute approximate surface area is 136 Å². The average molecular weight is 309 g/mol. The standard InChI is InChI=1S/C20H38P/c1-3-7-11-15-19(16-12-8-4-1)21-20-17-13-9-5-2-6-10-14-18-20/h19-20H,1-18H2. The minimum atomic E-state index is 1.05. The third kappa shape index (κ3) is 8.59. The van der Waals surface area contributed by atoms with E-state index >= 15 is 0 Å². The lowest BCUT2D eigenvalue weighted by Gasteiger charge is -2.25. The van der Waals surface area contributed by atoms with Gasteiger partial charge in [-0.05, 0) is 37.0 Å². The largest absolute Gasteiger partial charge is 0.0741 e. The van der Waals surface area contributed by atoms with Crippen molar-refractivity contribution in [2.45, 2.75) is 127 Å². The van der Waals surface area contributed by atoms with Gasteiger partial charge in [0.05, 0.1) is 0 Å². The van der Waals surface area contributed by atoms with Crippen molar-refractivity contribution in [1.29, 1.82) is 0 Å². The summed E-state index contributed by atoms with van der Waals surface area (Å²) in [6, 6.07) is 0. The van der Waals surface area contributed by atoms with Crippen molar-refractivity contribution in [3.8, 4) is 0 Å². The SMILES string of the molecule is C1CCCCC([P]C2CCCCCCCCC2)CCCC1. The van der Waals surface area contributed by atoms with Crippen LogP contribution in [-0.4, -0.2) is 11.3 Å². The lowest BCUT2D eigenvalue weighted by Crippen LogP contribution is -2.11. The molecule has 0 heterocycles. The maximum absolute atomic E-state index is 1.86. The summed E-state index contributed by atoms with van der Waals surface area (Å²) in [4.78, 5) is 0. The van der Waals surface area contributed by atoms with E-state index in [1.807, 2.05) is 8.58 Å². The molecule has 0 N–H and O–H groups in total. The molecule has 0 nitrogen and oxygen atoms in total. The lowest BCUT2D eigenvalue weighted by atomic mass is 10.0. The van der Waals surface area contributed by atoms with Gasteiger partial charge >= 0.3 is 0 Å². The molecule has 21 heavy (non-hydrogen) atoms. The highest BCUT2D eigenvalue weighted by atomic mass is 31.1. The van der Waals surface area contributed by atoms with Crippen LogP contribution in [0.2, 0.25) is 0 Å². The fourth-order valence-corrected chi connectivity index (χ4v) is 6.10. The average Bonchev–Trinajstić information content (AvgIpc) is 2.52. The minimum Gasteiger partial charge on any atom is -0.0741 e. The highest BCUT2D eigenvalue weighted by Gasteiger charge is 2.18. The van der Waals surface area contributed by atoms with Crippen molar-refractivity contribution in [3.05, 3.63) is 0 Å². The van der Waals surface area contributed by atoms with Crippen LogP contribution in [0.4, 0.5) is 0 Å². The molecule has 2 fully saturated rings. The molecule has 0 aromatic carbocycles. The van der Waals surface area contributed by atoms with Gasteiger partial charge in [-0.3, -0.25) is 0 Å². The molecule has 123 valence electrons. The van der Waals surface area contributed by atoms with E-state index in [9.17, 15) is 0 Å². The maximum Gasteiger partial charge on any atom is -0.0168 e. The van der Waals surface area contributed by atoms with E-state index < -0.39 is 0 Å². The molecule has 0 aliphatic heterocycles. The zero-order valence-corrected chi connectivity index (χ0v) is 15.2. The van der Waals surface area contributed by atoms with Crippen LogP contribution >= 0.6 is 8.58 Å². The van der Waals surface area contributed by atoms with E-state index in [0.717, 1.165) is 11.3 Å². The van der Waals surface area contributed by atoms with E-state index in [2.05, 4.69) is 0 Å². The second-order valence-electron chi connectivity index (χ2n) is 7.56. The smallest absolute Gasteiger partial charge is 0.0168 e. The molecular formula is C20H38P. The van der Waals surface area contributed by atoms with Gasteiger partial charge in [0, 0.05) is 0 Å². The first-order chi connectivity index (χ1) is 10.4. The molecule has 0 aromatic heterocycles. The van der Waals surface area contributed by atoms with Crippen molar-refractivity contribution in [3.63, 3.8) is 0 Å². The summed E-state index contributed by atoms with van der Waals surface area (Å²) in [7, 11) is 1.86. The molecule has 0 aromatic rings. The summed E-state index contributed by atoms with van der Waals surface area (Å²) < 4.78 is 0. The second-order valence-corrected chi connectivity index (χ2v) is 9.32. The maximum atomic E-state index is 1.86. The van der Waals surface area contributed by atoms with Crippen LogP contribution in [-0.2, 0) is 0 Å². The Morgan fingerprint density at radius 2 is 0.571 bits per heavy atom. The predicted molar refractivity (Wildman–Crippen MR) is 97.6 cm³/mol. The summed E-state index contributed by atoms with van der Waals surface area (Å²) in [6.45, 7) is 0. The Balaban J connectivity index is 1.74. The predicted octanol–water partition coefficient (Wildman–Crippen LogP) is 7.72. The van der Waals surface area contributed by atoms with Crippen LogP contribution in [0.5, 0.6) is 0 Å². The van der Waals surface area contributed by atoms with Gasteiger partial charge in [0.25, 0.3) is 0 Å². The molecule has 1 radical (unpaired) electrons. The first-order valence-electron chi connectivity index (χ1n) is 10.1. The molecule has 0 atom stereocenters. The van der Waals surface area contributed by atoms with Gasteiger partial charge in [0.1, 0.15) is 0 Å². The van der Waals surface area contributed by atoms with Gasteiger partial charge in [-0.2, -0.15) is 0 Å². The highest BCUT2D eigenvalue weighted by molar-refractivity contribution is 7.39. The summed E-state index contributed by atoms with van der Waals surface area (Å²) >= 11 is 0. The van der Waals surface area contributed by atoms with Crippen LogP contribution < -0.4 is 0 Å². The summed E-state index contributed by atoms with van der Waals surface area (Å²) in [5.41, 5.74) is 2.10. The molecule has 2 saturated carbocycles. The van der Waals surface area contributed by atoms with E-state index in [-0.39, 0.29) is 0 Å². The Kier molecular flexibility index (Phi) is 10.1. The van der Waals surface area contributed by atoms with Gasteiger partial charge in [-0.15, -0.1) is 0 Å². The molecule has 0 unspecified atom stereocenters. The van der Waals surface area contributed by atoms with Crippen molar-refractivity contribution in [1.82, 2.24) is 0 Å². The summed E-state index contributed by atoms with van der Waals surface area (Å²) in [5.74, 6) is 0. The summed E-state index contributed by atoms with van der Waals surface area (Å²) in [6.07, 6.45) is 27.3. The van der Waals surface area contributed by atoms with Crippen molar-refractivity contribution >= 4 is 8.58 Å². The Bertz CT molecular complexity index is 194.